The molecule has 4 saturated carbocycles. The van der Waals surface area contributed by atoms with Gasteiger partial charge in [-0.15, -0.1) is 0 Å². The molecule has 0 radical (unpaired) electrons. The number of nitrogens with zero attached hydrogens (tertiary/aromatic N) is 1. The maximum absolute atomic E-state index is 10.9. The molecule has 3 nitrogen and oxygen atoms in total. The Morgan fingerprint density at radius 2 is 1.36 bits per heavy atom. The Labute approximate surface area is 167 Å². The van der Waals surface area contributed by atoms with E-state index >= 15 is 0 Å². The van der Waals surface area contributed by atoms with E-state index in [0.29, 0.717) is 5.41 Å². The second-order valence-corrected chi connectivity index (χ2v) is 9.91. The van der Waals surface area contributed by atoms with Crippen molar-refractivity contribution in [3.63, 3.8) is 0 Å². The van der Waals surface area contributed by atoms with Crippen LogP contribution in [0.1, 0.15) is 68.1 Å². The average Bonchev–Trinajstić information content (AvgIpc) is 2.67. The molecule has 0 aliphatic heterocycles. The van der Waals surface area contributed by atoms with Crippen molar-refractivity contribution in [3.05, 3.63) is 75.3 Å². The van der Waals surface area contributed by atoms with Gasteiger partial charge in [0.2, 0.25) is 0 Å². The molecule has 0 heterocycles. The van der Waals surface area contributed by atoms with Gasteiger partial charge in [-0.25, -0.2) is 0 Å². The van der Waals surface area contributed by atoms with Crippen LogP contribution in [0.5, 0.6) is 0 Å². The Kier molecular flexibility index (Phi) is 4.30. The predicted molar refractivity (Wildman–Crippen MR) is 111 cm³/mol. The molecule has 1 unspecified atom stereocenters. The number of benzene rings is 2. The summed E-state index contributed by atoms with van der Waals surface area (Å²) in [6.45, 7) is 2.18. The van der Waals surface area contributed by atoms with Crippen molar-refractivity contribution in [3.8, 4) is 0 Å². The van der Waals surface area contributed by atoms with Gasteiger partial charge in [0.1, 0.15) is 0 Å². The lowest BCUT2D eigenvalue weighted by Gasteiger charge is -2.57. The maximum atomic E-state index is 10.9. The van der Waals surface area contributed by atoms with Crippen LogP contribution in [0.25, 0.3) is 0 Å². The summed E-state index contributed by atoms with van der Waals surface area (Å²) < 4.78 is 0. The van der Waals surface area contributed by atoms with Gasteiger partial charge < -0.3 is 0 Å². The lowest BCUT2D eigenvalue weighted by Crippen LogP contribution is -2.47. The minimum absolute atomic E-state index is 0.155. The first kappa shape index (κ1) is 17.9. The first-order chi connectivity index (χ1) is 13.5. The largest absolute Gasteiger partial charge is 0.269 e. The van der Waals surface area contributed by atoms with Gasteiger partial charge in [0, 0.05) is 18.1 Å². The molecule has 0 N–H and O–H groups in total. The van der Waals surface area contributed by atoms with Gasteiger partial charge in [0.05, 0.1) is 4.92 Å². The Morgan fingerprint density at radius 3 is 1.82 bits per heavy atom. The molecular weight excluding hydrogens is 346 g/mol. The highest BCUT2D eigenvalue weighted by Gasteiger charge is 2.50. The number of non-ortho nitro benzene ring substituents is 1. The van der Waals surface area contributed by atoms with Crippen LogP contribution in [0.15, 0.2) is 48.5 Å². The van der Waals surface area contributed by atoms with Crippen LogP contribution in [0.4, 0.5) is 5.69 Å². The molecule has 0 spiro atoms. The highest BCUT2D eigenvalue weighted by Crippen LogP contribution is 2.61. The molecule has 4 aliphatic carbocycles. The Hall–Kier alpha value is -2.16. The van der Waals surface area contributed by atoms with Gasteiger partial charge in [-0.2, -0.15) is 0 Å². The van der Waals surface area contributed by atoms with E-state index in [0.717, 1.165) is 23.3 Å². The summed E-state index contributed by atoms with van der Waals surface area (Å²) in [6.07, 6.45) is 10.1. The fraction of sp³-hybridized carbons (Fsp3) is 0.520. The fourth-order valence-electron chi connectivity index (χ4n) is 6.94. The van der Waals surface area contributed by atoms with Crippen molar-refractivity contribution in [1.29, 1.82) is 0 Å². The second kappa shape index (κ2) is 6.72. The first-order valence-corrected chi connectivity index (χ1v) is 10.8. The molecule has 2 aromatic carbocycles. The Morgan fingerprint density at radius 1 is 0.893 bits per heavy atom. The summed E-state index contributed by atoms with van der Waals surface area (Å²) >= 11 is 0. The summed E-state index contributed by atoms with van der Waals surface area (Å²) in [5.74, 6) is 3.27. The minimum Gasteiger partial charge on any atom is -0.258 e. The number of rotatable bonds is 5. The van der Waals surface area contributed by atoms with E-state index in [1.165, 1.54) is 56.1 Å². The van der Waals surface area contributed by atoms with E-state index < -0.39 is 0 Å². The number of nitro groups is 1. The molecule has 1 atom stereocenters. The summed E-state index contributed by atoms with van der Waals surface area (Å²) in [6, 6.07) is 16.2. The molecule has 2 aromatic rings. The molecule has 3 heteroatoms. The number of nitro benzene ring substituents is 1. The third kappa shape index (κ3) is 3.25. The van der Waals surface area contributed by atoms with Crippen LogP contribution < -0.4 is 0 Å². The van der Waals surface area contributed by atoms with Crippen LogP contribution in [0, 0.1) is 33.3 Å². The molecule has 4 fully saturated rings. The van der Waals surface area contributed by atoms with E-state index in [4.69, 9.17) is 0 Å². The molecular formula is C25H29NO2. The molecule has 28 heavy (non-hydrogen) atoms. The van der Waals surface area contributed by atoms with Crippen LogP contribution >= 0.6 is 0 Å². The van der Waals surface area contributed by atoms with Crippen molar-refractivity contribution in [2.24, 2.45) is 23.2 Å². The SMILES string of the molecule is CC(c1ccc(CC23CC4CC(CC(C4)C2)C3)cc1)c1ccc([N+](=O)[O-])cc1. The van der Waals surface area contributed by atoms with Gasteiger partial charge in [0.25, 0.3) is 5.69 Å². The van der Waals surface area contributed by atoms with E-state index in [2.05, 4.69) is 31.2 Å². The maximum Gasteiger partial charge on any atom is 0.269 e. The number of hydrogen-bond donors (Lipinski definition) is 0. The summed E-state index contributed by atoms with van der Waals surface area (Å²) in [5.41, 5.74) is 4.63. The van der Waals surface area contributed by atoms with Gasteiger partial charge in [-0.3, -0.25) is 10.1 Å². The zero-order valence-electron chi connectivity index (χ0n) is 16.6. The van der Waals surface area contributed by atoms with Crippen molar-refractivity contribution < 1.29 is 4.92 Å². The van der Waals surface area contributed by atoms with Crippen LogP contribution in [0.3, 0.4) is 0 Å². The smallest absolute Gasteiger partial charge is 0.258 e. The zero-order chi connectivity index (χ0) is 19.3. The zero-order valence-corrected chi connectivity index (χ0v) is 16.6. The highest BCUT2D eigenvalue weighted by atomic mass is 16.6. The molecule has 4 bridgehead atoms. The van der Waals surface area contributed by atoms with Crippen molar-refractivity contribution in [2.75, 3.05) is 0 Å². The fourth-order valence-corrected chi connectivity index (χ4v) is 6.94. The van der Waals surface area contributed by atoms with E-state index in [1.54, 1.807) is 12.1 Å². The normalized spacial score (nSPS) is 31.7. The molecule has 4 aliphatic rings. The lowest BCUT2D eigenvalue weighted by molar-refractivity contribution is -0.384. The highest BCUT2D eigenvalue weighted by molar-refractivity contribution is 5.39. The summed E-state index contributed by atoms with van der Waals surface area (Å²) in [7, 11) is 0. The van der Waals surface area contributed by atoms with Crippen LogP contribution in [0.2, 0.25) is 0 Å². The van der Waals surface area contributed by atoms with Gasteiger partial charge in [-0.1, -0.05) is 43.3 Å². The first-order valence-electron chi connectivity index (χ1n) is 10.8. The van der Waals surface area contributed by atoms with Crippen molar-refractivity contribution >= 4 is 5.69 Å². The standard InChI is InChI=1S/C25H29NO2/c1-17(23-6-8-24(9-7-23)26(27)28)22-4-2-18(3-5-22)13-25-14-19-10-20(15-25)12-21(11-19)16-25/h2-9,17,19-21H,10-16H2,1H3. The second-order valence-electron chi connectivity index (χ2n) is 9.91. The topological polar surface area (TPSA) is 43.1 Å². The van der Waals surface area contributed by atoms with Gasteiger partial charge in [-0.05, 0) is 84.8 Å². The summed E-state index contributed by atoms with van der Waals surface area (Å²) in [4.78, 5) is 10.5. The lowest BCUT2D eigenvalue weighted by atomic mass is 9.48. The van der Waals surface area contributed by atoms with Crippen molar-refractivity contribution in [1.82, 2.24) is 0 Å². The van der Waals surface area contributed by atoms with Gasteiger partial charge >= 0.3 is 0 Å². The predicted octanol–water partition coefficient (Wildman–Crippen LogP) is 6.51. The van der Waals surface area contributed by atoms with E-state index in [1.807, 2.05) is 12.1 Å². The van der Waals surface area contributed by atoms with Crippen molar-refractivity contribution in [2.45, 2.75) is 57.8 Å². The molecule has 0 aromatic heterocycles. The number of hydrogen-bond acceptors (Lipinski definition) is 2. The summed E-state index contributed by atoms with van der Waals surface area (Å²) in [5, 5.41) is 10.9. The third-order valence-electron chi connectivity index (χ3n) is 7.83. The quantitative estimate of drug-likeness (QED) is 0.442. The molecule has 0 saturated heterocycles. The van der Waals surface area contributed by atoms with Gasteiger partial charge in [0.15, 0.2) is 0 Å². The molecule has 6 rings (SSSR count). The van der Waals surface area contributed by atoms with Crippen LogP contribution in [-0.4, -0.2) is 4.92 Å². The molecule has 0 amide bonds. The van der Waals surface area contributed by atoms with Crippen LogP contribution in [-0.2, 0) is 6.42 Å². The average molecular weight is 376 g/mol. The van der Waals surface area contributed by atoms with E-state index in [9.17, 15) is 10.1 Å². The van der Waals surface area contributed by atoms with E-state index in [-0.39, 0.29) is 16.5 Å². The Bertz CT molecular complexity index is 833. The minimum atomic E-state index is -0.340. The molecule has 146 valence electrons. The monoisotopic (exact) mass is 375 g/mol. The third-order valence-corrected chi connectivity index (χ3v) is 7.83. The Balaban J connectivity index is 1.30.